The van der Waals surface area contributed by atoms with E-state index < -0.39 is 29.2 Å². The number of carbonyl (C=O) groups excluding carboxylic acids is 1. The van der Waals surface area contributed by atoms with Crippen molar-refractivity contribution in [3.05, 3.63) is 57.5 Å². The Morgan fingerprint density at radius 3 is 2.46 bits per heavy atom. The standard InChI is InChI=1S/C20H22F2N2O4/c1-11-4-5-23(6-7-25)20(27)19(11)24-12(2)14(10-17(24)26)18-15(21)8-13(28-3)9-16(18)22/h4-5,8-9,12,14,25H,6-7,10H2,1-3H3/t12-,14+/m1/s1. The minimum atomic E-state index is -0.786. The molecule has 2 aromatic rings. The van der Waals surface area contributed by atoms with Crippen LogP contribution in [-0.2, 0) is 11.3 Å². The first-order valence-electron chi connectivity index (χ1n) is 8.96. The van der Waals surface area contributed by atoms with Crippen molar-refractivity contribution >= 4 is 11.6 Å². The smallest absolute Gasteiger partial charge is 0.274 e. The van der Waals surface area contributed by atoms with E-state index in [2.05, 4.69) is 0 Å². The van der Waals surface area contributed by atoms with Crippen LogP contribution in [0.5, 0.6) is 5.75 Å². The predicted molar refractivity (Wildman–Crippen MR) is 99.7 cm³/mol. The molecule has 1 saturated heterocycles. The van der Waals surface area contributed by atoms with Crippen LogP contribution in [0.25, 0.3) is 0 Å². The molecule has 1 aliphatic heterocycles. The number of amides is 1. The highest BCUT2D eigenvalue weighted by Gasteiger charge is 2.42. The van der Waals surface area contributed by atoms with Gasteiger partial charge in [0.2, 0.25) is 5.91 Å². The van der Waals surface area contributed by atoms with Crippen LogP contribution in [0.1, 0.15) is 30.4 Å². The van der Waals surface area contributed by atoms with Crippen LogP contribution in [-0.4, -0.2) is 35.3 Å². The van der Waals surface area contributed by atoms with Crippen LogP contribution >= 0.6 is 0 Å². The number of pyridine rings is 1. The van der Waals surface area contributed by atoms with Crippen LogP contribution in [0.3, 0.4) is 0 Å². The Hall–Kier alpha value is -2.74. The van der Waals surface area contributed by atoms with Gasteiger partial charge in [0.15, 0.2) is 0 Å². The largest absolute Gasteiger partial charge is 0.497 e. The average molecular weight is 392 g/mol. The lowest BCUT2D eigenvalue weighted by molar-refractivity contribution is -0.117. The lowest BCUT2D eigenvalue weighted by Gasteiger charge is -2.26. The van der Waals surface area contributed by atoms with E-state index in [1.54, 1.807) is 26.1 Å². The number of aryl methyl sites for hydroxylation is 1. The van der Waals surface area contributed by atoms with Crippen LogP contribution in [0.15, 0.2) is 29.2 Å². The van der Waals surface area contributed by atoms with Crippen LogP contribution < -0.4 is 15.2 Å². The van der Waals surface area contributed by atoms with Gasteiger partial charge in [0.05, 0.1) is 13.7 Å². The number of halogens is 2. The van der Waals surface area contributed by atoms with Gasteiger partial charge in [0.25, 0.3) is 5.56 Å². The molecule has 2 atom stereocenters. The summed E-state index contributed by atoms with van der Waals surface area (Å²) in [6.07, 6.45) is 1.43. The molecule has 0 unspecified atom stereocenters. The van der Waals surface area contributed by atoms with E-state index in [-0.39, 0.29) is 42.5 Å². The van der Waals surface area contributed by atoms with Gasteiger partial charge in [-0.1, -0.05) is 0 Å². The minimum Gasteiger partial charge on any atom is -0.497 e. The van der Waals surface area contributed by atoms with E-state index in [1.807, 2.05) is 0 Å². The number of anilines is 1. The summed E-state index contributed by atoms with van der Waals surface area (Å²) < 4.78 is 35.3. The average Bonchev–Trinajstić information content (AvgIpc) is 2.92. The fourth-order valence-electron chi connectivity index (χ4n) is 3.80. The number of methoxy groups -OCH3 is 1. The summed E-state index contributed by atoms with van der Waals surface area (Å²) in [5, 5.41) is 9.13. The summed E-state index contributed by atoms with van der Waals surface area (Å²) >= 11 is 0. The molecule has 150 valence electrons. The first-order valence-corrected chi connectivity index (χ1v) is 8.96. The van der Waals surface area contributed by atoms with Crippen molar-refractivity contribution in [2.75, 3.05) is 18.6 Å². The fourth-order valence-corrected chi connectivity index (χ4v) is 3.80. The topological polar surface area (TPSA) is 71.8 Å². The Morgan fingerprint density at radius 1 is 1.25 bits per heavy atom. The van der Waals surface area contributed by atoms with E-state index in [1.165, 1.54) is 16.6 Å². The molecular weight excluding hydrogens is 370 g/mol. The SMILES string of the molecule is COc1cc(F)c([C@H]2CC(=O)N(c3c(C)ccn(CCO)c3=O)[C@@H]2C)c(F)c1. The van der Waals surface area contributed by atoms with Crippen molar-refractivity contribution in [1.82, 2.24) is 4.57 Å². The molecule has 2 heterocycles. The fraction of sp³-hybridized carbons (Fsp3) is 0.400. The number of hydrogen-bond acceptors (Lipinski definition) is 4. The first-order chi connectivity index (χ1) is 13.3. The van der Waals surface area contributed by atoms with Crippen LogP contribution in [0, 0.1) is 18.6 Å². The third kappa shape index (κ3) is 3.28. The van der Waals surface area contributed by atoms with Gasteiger partial charge < -0.3 is 19.3 Å². The number of rotatable bonds is 5. The van der Waals surface area contributed by atoms with Crippen molar-refractivity contribution in [3.8, 4) is 5.75 Å². The van der Waals surface area contributed by atoms with Crippen LogP contribution in [0.4, 0.5) is 14.5 Å². The number of carbonyl (C=O) groups is 1. The molecule has 1 fully saturated rings. The molecule has 0 spiro atoms. The van der Waals surface area contributed by atoms with Gasteiger partial charge in [-0.05, 0) is 25.5 Å². The maximum atomic E-state index is 14.6. The molecule has 3 rings (SSSR count). The third-order valence-corrected chi connectivity index (χ3v) is 5.24. The zero-order valence-corrected chi connectivity index (χ0v) is 15.9. The van der Waals surface area contributed by atoms with E-state index >= 15 is 0 Å². The maximum Gasteiger partial charge on any atom is 0.274 e. The maximum absolute atomic E-state index is 14.6. The normalized spacial score (nSPS) is 19.4. The molecule has 1 aromatic heterocycles. The van der Waals surface area contributed by atoms with E-state index in [9.17, 15) is 18.4 Å². The number of hydrogen-bond donors (Lipinski definition) is 1. The van der Waals surface area contributed by atoms with Crippen molar-refractivity contribution in [3.63, 3.8) is 0 Å². The van der Waals surface area contributed by atoms with Gasteiger partial charge in [-0.2, -0.15) is 0 Å². The van der Waals surface area contributed by atoms with Gasteiger partial charge >= 0.3 is 0 Å². The molecule has 1 amide bonds. The third-order valence-electron chi connectivity index (χ3n) is 5.24. The highest BCUT2D eigenvalue weighted by atomic mass is 19.1. The van der Waals surface area contributed by atoms with Crippen molar-refractivity contribution in [2.24, 2.45) is 0 Å². The van der Waals surface area contributed by atoms with Gasteiger partial charge in [0.1, 0.15) is 23.1 Å². The van der Waals surface area contributed by atoms with E-state index in [0.29, 0.717) is 5.56 Å². The van der Waals surface area contributed by atoms with Gasteiger partial charge in [0, 0.05) is 48.8 Å². The number of ether oxygens (including phenoxy) is 1. The number of nitrogens with zero attached hydrogens (tertiary/aromatic N) is 2. The highest BCUT2D eigenvalue weighted by molar-refractivity contribution is 5.97. The molecule has 28 heavy (non-hydrogen) atoms. The van der Waals surface area contributed by atoms with Crippen molar-refractivity contribution < 1.29 is 23.4 Å². The second kappa shape index (κ2) is 7.71. The molecule has 8 heteroatoms. The Bertz CT molecular complexity index is 950. The first kappa shape index (κ1) is 20.0. The highest BCUT2D eigenvalue weighted by Crippen LogP contribution is 2.40. The van der Waals surface area contributed by atoms with E-state index in [0.717, 1.165) is 12.1 Å². The molecule has 0 radical (unpaired) electrons. The van der Waals surface area contributed by atoms with Gasteiger partial charge in [-0.15, -0.1) is 0 Å². The Balaban J connectivity index is 2.06. The monoisotopic (exact) mass is 392 g/mol. The molecule has 6 nitrogen and oxygen atoms in total. The lowest BCUT2D eigenvalue weighted by Crippen LogP contribution is -2.39. The quantitative estimate of drug-likeness (QED) is 0.848. The van der Waals surface area contributed by atoms with Gasteiger partial charge in [-0.3, -0.25) is 9.59 Å². The number of benzene rings is 1. The van der Waals surface area contributed by atoms with Crippen LogP contribution in [0.2, 0.25) is 0 Å². The second-order valence-corrected chi connectivity index (χ2v) is 6.89. The summed E-state index contributed by atoms with van der Waals surface area (Å²) in [6.45, 7) is 3.23. The molecule has 1 aliphatic rings. The molecule has 1 N–H and O–H groups in total. The van der Waals surface area contributed by atoms with Crippen molar-refractivity contribution in [2.45, 2.75) is 38.8 Å². The molecule has 0 aliphatic carbocycles. The summed E-state index contributed by atoms with van der Waals surface area (Å²) in [4.78, 5) is 26.9. The molecule has 0 saturated carbocycles. The van der Waals surface area contributed by atoms with E-state index in [4.69, 9.17) is 9.84 Å². The summed E-state index contributed by atoms with van der Waals surface area (Å²) in [6, 6.07) is 3.22. The summed E-state index contributed by atoms with van der Waals surface area (Å²) in [5.41, 5.74) is 0.139. The number of aliphatic hydroxyl groups is 1. The molecule has 1 aromatic carbocycles. The Kier molecular flexibility index (Phi) is 5.51. The lowest BCUT2D eigenvalue weighted by atomic mass is 9.91. The zero-order chi connectivity index (χ0) is 20.6. The summed E-state index contributed by atoms with van der Waals surface area (Å²) in [7, 11) is 1.31. The Labute approximate surface area is 161 Å². The molecule has 0 bridgehead atoms. The van der Waals surface area contributed by atoms with Crippen molar-refractivity contribution in [1.29, 1.82) is 0 Å². The second-order valence-electron chi connectivity index (χ2n) is 6.89. The number of aromatic nitrogens is 1. The Morgan fingerprint density at radius 2 is 1.89 bits per heavy atom. The minimum absolute atomic E-state index is 0.0541. The number of aliphatic hydroxyl groups excluding tert-OH is 1. The molecular formula is C20H22F2N2O4. The summed E-state index contributed by atoms with van der Waals surface area (Å²) in [5.74, 6) is -2.65. The zero-order valence-electron chi connectivity index (χ0n) is 15.9. The van der Waals surface area contributed by atoms with Gasteiger partial charge in [-0.25, -0.2) is 8.78 Å². The predicted octanol–water partition coefficient (Wildman–Crippen LogP) is 2.34.